The third kappa shape index (κ3) is 3.53. The normalized spacial score (nSPS) is 25.7. The quantitative estimate of drug-likeness (QED) is 0.856. The lowest BCUT2D eigenvalue weighted by Crippen LogP contribution is -2.36. The molecule has 4 heteroatoms. The number of nitrogens with two attached hydrogens (primary N) is 1. The molecule has 0 spiro atoms. The highest BCUT2D eigenvalue weighted by Crippen LogP contribution is 2.25. The Morgan fingerprint density at radius 1 is 1.53 bits per heavy atom. The summed E-state index contributed by atoms with van der Waals surface area (Å²) in [6, 6.07) is 6.59. The van der Waals surface area contributed by atoms with Crippen LogP contribution in [0.3, 0.4) is 0 Å². The average molecular weight is 266 g/mol. The second-order valence-corrected chi connectivity index (χ2v) is 5.50. The molecule has 19 heavy (non-hydrogen) atoms. The van der Waals surface area contributed by atoms with E-state index in [2.05, 4.69) is 11.8 Å². The van der Waals surface area contributed by atoms with Gasteiger partial charge in [0.1, 0.15) is 5.82 Å². The molecule has 0 radical (unpaired) electrons. The first-order valence-electron chi connectivity index (χ1n) is 6.97. The zero-order valence-electron chi connectivity index (χ0n) is 11.4. The van der Waals surface area contributed by atoms with E-state index in [1.165, 1.54) is 12.1 Å². The zero-order valence-corrected chi connectivity index (χ0v) is 11.4. The summed E-state index contributed by atoms with van der Waals surface area (Å²) in [6.07, 6.45) is 1.91. The summed E-state index contributed by atoms with van der Waals surface area (Å²) in [4.78, 5) is 2.30. The van der Waals surface area contributed by atoms with Gasteiger partial charge in [-0.1, -0.05) is 19.1 Å². The van der Waals surface area contributed by atoms with Crippen molar-refractivity contribution in [3.05, 3.63) is 35.6 Å². The monoisotopic (exact) mass is 266 g/mol. The molecule has 0 saturated carbocycles. The van der Waals surface area contributed by atoms with Gasteiger partial charge in [-0.15, -0.1) is 0 Å². The Labute approximate surface area is 114 Å². The molecule has 3 atom stereocenters. The van der Waals surface area contributed by atoms with Gasteiger partial charge in [0.05, 0.1) is 6.61 Å². The minimum absolute atomic E-state index is 0.147. The number of aliphatic hydroxyl groups excluding tert-OH is 1. The Morgan fingerprint density at radius 2 is 2.32 bits per heavy atom. The lowest BCUT2D eigenvalue weighted by atomic mass is 10.0. The summed E-state index contributed by atoms with van der Waals surface area (Å²) in [5.41, 5.74) is 6.95. The first-order chi connectivity index (χ1) is 9.11. The van der Waals surface area contributed by atoms with E-state index in [4.69, 9.17) is 5.73 Å². The first-order valence-corrected chi connectivity index (χ1v) is 6.97. The lowest BCUT2D eigenvalue weighted by Gasteiger charge is -2.26. The summed E-state index contributed by atoms with van der Waals surface area (Å²) in [5, 5.41) is 9.40. The van der Waals surface area contributed by atoms with E-state index in [1.54, 1.807) is 6.07 Å². The van der Waals surface area contributed by atoms with Gasteiger partial charge in [-0.2, -0.15) is 0 Å². The van der Waals surface area contributed by atoms with Crippen LogP contribution in [0.2, 0.25) is 0 Å². The number of benzene rings is 1. The molecule has 0 aromatic heterocycles. The Morgan fingerprint density at radius 3 is 3.00 bits per heavy atom. The van der Waals surface area contributed by atoms with Crippen molar-refractivity contribution in [3.8, 4) is 0 Å². The summed E-state index contributed by atoms with van der Waals surface area (Å²) < 4.78 is 13.1. The van der Waals surface area contributed by atoms with Gasteiger partial charge in [0.15, 0.2) is 0 Å². The van der Waals surface area contributed by atoms with Crippen molar-refractivity contribution in [2.24, 2.45) is 11.7 Å². The molecule has 0 aliphatic carbocycles. The zero-order chi connectivity index (χ0) is 13.8. The van der Waals surface area contributed by atoms with Gasteiger partial charge in [-0.05, 0) is 43.0 Å². The highest BCUT2D eigenvalue weighted by Gasteiger charge is 2.30. The van der Waals surface area contributed by atoms with Gasteiger partial charge in [-0.3, -0.25) is 4.90 Å². The van der Waals surface area contributed by atoms with E-state index < -0.39 is 0 Å². The Hall–Kier alpha value is -0.970. The smallest absolute Gasteiger partial charge is 0.123 e. The van der Waals surface area contributed by atoms with Crippen LogP contribution in [-0.4, -0.2) is 35.7 Å². The van der Waals surface area contributed by atoms with Gasteiger partial charge < -0.3 is 10.8 Å². The fraction of sp³-hybridized carbons (Fsp3) is 0.600. The third-order valence-corrected chi connectivity index (χ3v) is 4.19. The summed E-state index contributed by atoms with van der Waals surface area (Å²) in [7, 11) is 0. The molecule has 1 aromatic carbocycles. The Bertz CT molecular complexity index is 413. The van der Waals surface area contributed by atoms with Crippen LogP contribution >= 0.6 is 0 Å². The molecular formula is C15H23FN2O. The molecule has 1 aromatic rings. The summed E-state index contributed by atoms with van der Waals surface area (Å²) in [6.45, 7) is 4.25. The predicted octanol–water partition coefficient (Wildman–Crippen LogP) is 1.92. The number of rotatable bonds is 5. The van der Waals surface area contributed by atoms with Crippen molar-refractivity contribution in [2.75, 3.05) is 19.7 Å². The Balaban J connectivity index is 1.88. The summed E-state index contributed by atoms with van der Waals surface area (Å²) in [5.74, 6) is 0.298. The third-order valence-electron chi connectivity index (χ3n) is 4.19. The van der Waals surface area contributed by atoms with Crippen LogP contribution in [-0.2, 0) is 0 Å². The first kappa shape index (κ1) is 14.4. The van der Waals surface area contributed by atoms with Crippen LogP contribution in [0.25, 0.3) is 0 Å². The molecule has 0 amide bonds. The molecule has 0 bridgehead atoms. The van der Waals surface area contributed by atoms with E-state index in [9.17, 15) is 9.50 Å². The van der Waals surface area contributed by atoms with Crippen molar-refractivity contribution in [1.82, 2.24) is 4.90 Å². The largest absolute Gasteiger partial charge is 0.395 e. The lowest BCUT2D eigenvalue weighted by molar-refractivity contribution is 0.136. The molecule has 3 unspecified atom stereocenters. The topological polar surface area (TPSA) is 49.5 Å². The average Bonchev–Trinajstić information content (AvgIpc) is 2.76. The van der Waals surface area contributed by atoms with Crippen LogP contribution in [0.15, 0.2) is 24.3 Å². The molecule has 1 saturated heterocycles. The van der Waals surface area contributed by atoms with Crippen LogP contribution in [0, 0.1) is 11.7 Å². The van der Waals surface area contributed by atoms with Crippen molar-refractivity contribution in [1.29, 1.82) is 0 Å². The number of hydrogen-bond acceptors (Lipinski definition) is 3. The van der Waals surface area contributed by atoms with Gasteiger partial charge in [-0.25, -0.2) is 4.39 Å². The Kier molecular flexibility index (Phi) is 4.91. The highest BCUT2D eigenvalue weighted by molar-refractivity contribution is 5.19. The van der Waals surface area contributed by atoms with Crippen LogP contribution in [0.1, 0.15) is 31.4 Å². The van der Waals surface area contributed by atoms with Gasteiger partial charge in [0.25, 0.3) is 0 Å². The number of nitrogens with zero attached hydrogens (tertiary/aromatic N) is 1. The fourth-order valence-corrected chi connectivity index (χ4v) is 2.87. The van der Waals surface area contributed by atoms with Crippen LogP contribution in [0.4, 0.5) is 4.39 Å². The second kappa shape index (κ2) is 6.46. The SMILES string of the molecule is CC1CCN(CCC(N)c2cccc(F)c2)C1CO. The maximum Gasteiger partial charge on any atom is 0.123 e. The summed E-state index contributed by atoms with van der Waals surface area (Å²) >= 11 is 0. The van der Waals surface area contributed by atoms with E-state index in [0.717, 1.165) is 31.5 Å². The van der Waals surface area contributed by atoms with Gasteiger partial charge in [0.2, 0.25) is 0 Å². The second-order valence-electron chi connectivity index (χ2n) is 5.50. The van der Waals surface area contributed by atoms with E-state index >= 15 is 0 Å². The number of likely N-dealkylation sites (tertiary alicyclic amines) is 1. The van der Waals surface area contributed by atoms with Crippen molar-refractivity contribution >= 4 is 0 Å². The molecule has 1 aliphatic rings. The standard InChI is InChI=1S/C15H23FN2O/c1-11-5-7-18(15(11)10-19)8-6-14(17)12-3-2-4-13(16)9-12/h2-4,9,11,14-15,19H,5-8,10,17H2,1H3. The molecular weight excluding hydrogens is 243 g/mol. The molecule has 1 heterocycles. The highest BCUT2D eigenvalue weighted by atomic mass is 19.1. The predicted molar refractivity (Wildman–Crippen MR) is 74.2 cm³/mol. The molecule has 1 fully saturated rings. The molecule has 1 aliphatic heterocycles. The minimum atomic E-state index is -0.240. The molecule has 3 N–H and O–H groups in total. The van der Waals surface area contributed by atoms with Crippen molar-refractivity contribution in [3.63, 3.8) is 0 Å². The molecule has 3 nitrogen and oxygen atoms in total. The maximum absolute atomic E-state index is 13.1. The van der Waals surface area contributed by atoms with Crippen molar-refractivity contribution < 1.29 is 9.50 Å². The number of halogens is 1. The maximum atomic E-state index is 13.1. The van der Waals surface area contributed by atoms with Crippen molar-refractivity contribution in [2.45, 2.75) is 31.8 Å². The van der Waals surface area contributed by atoms with Gasteiger partial charge >= 0.3 is 0 Å². The fourth-order valence-electron chi connectivity index (χ4n) is 2.87. The van der Waals surface area contributed by atoms with Crippen LogP contribution in [0.5, 0.6) is 0 Å². The van der Waals surface area contributed by atoms with E-state index in [-0.39, 0.29) is 24.5 Å². The van der Waals surface area contributed by atoms with E-state index in [0.29, 0.717) is 5.92 Å². The van der Waals surface area contributed by atoms with E-state index in [1.807, 2.05) is 6.07 Å². The van der Waals surface area contributed by atoms with Crippen LogP contribution < -0.4 is 5.73 Å². The minimum Gasteiger partial charge on any atom is -0.395 e. The molecule has 106 valence electrons. The number of aliphatic hydroxyl groups is 1. The molecule has 2 rings (SSSR count). The number of hydrogen-bond donors (Lipinski definition) is 2. The van der Waals surface area contributed by atoms with Gasteiger partial charge in [0, 0.05) is 18.6 Å².